The van der Waals surface area contributed by atoms with Crippen molar-refractivity contribution in [1.29, 1.82) is 0 Å². The van der Waals surface area contributed by atoms with E-state index in [0.29, 0.717) is 24.3 Å². The zero-order chi connectivity index (χ0) is 12.9. The van der Waals surface area contributed by atoms with Gasteiger partial charge in [0.2, 0.25) is 11.8 Å². The summed E-state index contributed by atoms with van der Waals surface area (Å²) in [6.07, 6.45) is 2.66. The number of alkyl halides is 1. The van der Waals surface area contributed by atoms with Crippen molar-refractivity contribution in [3.63, 3.8) is 0 Å². The molecule has 0 saturated heterocycles. The summed E-state index contributed by atoms with van der Waals surface area (Å²) < 4.78 is 5.48. The van der Waals surface area contributed by atoms with Gasteiger partial charge in [-0.3, -0.25) is 0 Å². The summed E-state index contributed by atoms with van der Waals surface area (Å²) in [5.74, 6) is 1.74. The van der Waals surface area contributed by atoms with E-state index >= 15 is 0 Å². The van der Waals surface area contributed by atoms with Crippen LogP contribution < -0.4 is 9.64 Å². The Morgan fingerprint density at radius 1 is 1.47 bits per heavy atom. The number of rotatable bonds is 6. The maximum atomic E-state index is 5.93. The molecule has 0 atom stereocenters. The molecule has 0 N–H and O–H groups in total. The summed E-state index contributed by atoms with van der Waals surface area (Å²) in [6.45, 7) is 6.82. The summed E-state index contributed by atoms with van der Waals surface area (Å²) in [5, 5.41) is 0. The lowest BCUT2D eigenvalue weighted by Gasteiger charge is -2.33. The second kappa shape index (κ2) is 6.05. The Morgan fingerprint density at radius 2 is 2.18 bits per heavy atom. The van der Waals surface area contributed by atoms with E-state index in [1.807, 2.05) is 25.8 Å². The zero-order valence-electron chi connectivity index (χ0n) is 10.9. The standard InChI is InChI=1S/C12H20ClN3O/c1-5-8-17-10-6-7-14-11(15-10)16(4)12(2,3)9-13/h6-7H,5,8-9H2,1-4H3. The van der Waals surface area contributed by atoms with Gasteiger partial charge in [0, 0.05) is 25.2 Å². The van der Waals surface area contributed by atoms with Gasteiger partial charge in [-0.25, -0.2) is 4.98 Å². The molecule has 1 rings (SSSR count). The van der Waals surface area contributed by atoms with Crippen molar-refractivity contribution < 1.29 is 4.74 Å². The Labute approximate surface area is 108 Å². The second-order valence-electron chi connectivity index (χ2n) is 4.55. The molecule has 96 valence electrons. The maximum absolute atomic E-state index is 5.93. The Morgan fingerprint density at radius 3 is 2.76 bits per heavy atom. The molecule has 0 amide bonds. The van der Waals surface area contributed by atoms with Crippen LogP contribution in [0, 0.1) is 0 Å². The molecule has 0 saturated carbocycles. The highest BCUT2D eigenvalue weighted by atomic mass is 35.5. The number of ether oxygens (including phenoxy) is 1. The van der Waals surface area contributed by atoms with Crippen molar-refractivity contribution in [2.24, 2.45) is 0 Å². The van der Waals surface area contributed by atoms with E-state index < -0.39 is 0 Å². The van der Waals surface area contributed by atoms with Crippen LogP contribution in [-0.4, -0.2) is 35.0 Å². The third-order valence-corrected chi connectivity index (χ3v) is 3.26. The maximum Gasteiger partial charge on any atom is 0.228 e. The van der Waals surface area contributed by atoms with E-state index in [-0.39, 0.29) is 5.54 Å². The molecule has 5 heteroatoms. The van der Waals surface area contributed by atoms with Gasteiger partial charge in [0.05, 0.1) is 12.1 Å². The first-order valence-corrected chi connectivity index (χ1v) is 6.30. The quantitative estimate of drug-likeness (QED) is 0.735. The van der Waals surface area contributed by atoms with E-state index in [4.69, 9.17) is 16.3 Å². The van der Waals surface area contributed by atoms with Crippen molar-refractivity contribution in [2.45, 2.75) is 32.7 Å². The van der Waals surface area contributed by atoms with Crippen molar-refractivity contribution in [2.75, 3.05) is 24.4 Å². The van der Waals surface area contributed by atoms with E-state index in [9.17, 15) is 0 Å². The van der Waals surface area contributed by atoms with Crippen LogP contribution in [0.1, 0.15) is 27.2 Å². The first-order chi connectivity index (χ1) is 8.01. The molecule has 17 heavy (non-hydrogen) atoms. The lowest BCUT2D eigenvalue weighted by Crippen LogP contribution is -2.43. The van der Waals surface area contributed by atoms with Gasteiger partial charge in [0.15, 0.2) is 0 Å². The normalized spacial score (nSPS) is 11.4. The highest BCUT2D eigenvalue weighted by Gasteiger charge is 2.24. The van der Waals surface area contributed by atoms with Gasteiger partial charge < -0.3 is 9.64 Å². The Balaban J connectivity index is 2.84. The number of nitrogens with zero attached hydrogens (tertiary/aromatic N) is 3. The summed E-state index contributed by atoms with van der Waals surface area (Å²) in [6, 6.07) is 1.76. The molecule has 0 aliphatic carbocycles. The number of anilines is 1. The molecule has 0 radical (unpaired) electrons. The van der Waals surface area contributed by atoms with E-state index in [1.54, 1.807) is 12.3 Å². The van der Waals surface area contributed by atoms with Crippen molar-refractivity contribution in [3.05, 3.63) is 12.3 Å². The summed E-state index contributed by atoms with van der Waals surface area (Å²) >= 11 is 5.93. The molecule has 0 unspecified atom stereocenters. The molecule has 0 aliphatic rings. The first-order valence-electron chi connectivity index (χ1n) is 5.77. The topological polar surface area (TPSA) is 38.2 Å². The zero-order valence-corrected chi connectivity index (χ0v) is 11.7. The van der Waals surface area contributed by atoms with Gasteiger partial charge in [0.25, 0.3) is 0 Å². The number of hydrogen-bond acceptors (Lipinski definition) is 4. The van der Waals surface area contributed by atoms with Crippen molar-refractivity contribution in [1.82, 2.24) is 9.97 Å². The highest BCUT2D eigenvalue weighted by Crippen LogP contribution is 2.21. The molecule has 1 aromatic heterocycles. The molecule has 0 fully saturated rings. The third kappa shape index (κ3) is 3.73. The summed E-state index contributed by atoms with van der Waals surface area (Å²) in [4.78, 5) is 10.6. The first kappa shape index (κ1) is 14.0. The average molecular weight is 258 g/mol. The lowest BCUT2D eigenvalue weighted by atomic mass is 10.1. The van der Waals surface area contributed by atoms with Crippen LogP contribution in [0.15, 0.2) is 12.3 Å². The number of hydrogen-bond donors (Lipinski definition) is 0. The number of aromatic nitrogens is 2. The van der Waals surface area contributed by atoms with Crippen LogP contribution in [-0.2, 0) is 0 Å². The van der Waals surface area contributed by atoms with E-state index in [1.165, 1.54) is 0 Å². The van der Waals surface area contributed by atoms with E-state index in [0.717, 1.165) is 6.42 Å². The molecular weight excluding hydrogens is 238 g/mol. The van der Waals surface area contributed by atoms with Crippen LogP contribution in [0.25, 0.3) is 0 Å². The second-order valence-corrected chi connectivity index (χ2v) is 4.82. The van der Waals surface area contributed by atoms with E-state index in [2.05, 4.69) is 16.9 Å². The Hall–Kier alpha value is -1.03. The van der Waals surface area contributed by atoms with Crippen LogP contribution in [0.3, 0.4) is 0 Å². The molecule has 1 aromatic rings. The fourth-order valence-corrected chi connectivity index (χ4v) is 1.32. The molecule has 0 spiro atoms. The van der Waals surface area contributed by atoms with Crippen molar-refractivity contribution in [3.8, 4) is 5.88 Å². The summed E-state index contributed by atoms with van der Waals surface area (Å²) in [5.41, 5.74) is -0.190. The van der Waals surface area contributed by atoms with Gasteiger partial charge in [-0.1, -0.05) is 6.92 Å². The predicted molar refractivity (Wildman–Crippen MR) is 71.0 cm³/mol. The van der Waals surface area contributed by atoms with Crippen molar-refractivity contribution >= 4 is 17.5 Å². The Kier molecular flexibility index (Phi) is 5.00. The molecule has 4 nitrogen and oxygen atoms in total. The van der Waals surface area contributed by atoms with Gasteiger partial charge in [-0.15, -0.1) is 11.6 Å². The van der Waals surface area contributed by atoms with Gasteiger partial charge in [0.1, 0.15) is 0 Å². The minimum atomic E-state index is -0.190. The highest BCUT2D eigenvalue weighted by molar-refractivity contribution is 6.18. The SMILES string of the molecule is CCCOc1ccnc(N(C)C(C)(C)CCl)n1. The van der Waals surface area contributed by atoms with Crippen LogP contribution >= 0.6 is 11.6 Å². The molecular formula is C12H20ClN3O. The van der Waals surface area contributed by atoms with Crippen LogP contribution in [0.4, 0.5) is 5.95 Å². The summed E-state index contributed by atoms with van der Waals surface area (Å²) in [7, 11) is 1.93. The minimum absolute atomic E-state index is 0.190. The third-order valence-electron chi connectivity index (χ3n) is 2.61. The van der Waals surface area contributed by atoms with Gasteiger partial charge in [-0.05, 0) is 20.3 Å². The predicted octanol–water partition coefficient (Wildman–Crippen LogP) is 2.72. The smallest absolute Gasteiger partial charge is 0.228 e. The fourth-order valence-electron chi connectivity index (χ4n) is 1.14. The Bertz CT molecular complexity index is 357. The van der Waals surface area contributed by atoms with Crippen LogP contribution in [0.5, 0.6) is 5.88 Å². The van der Waals surface area contributed by atoms with Gasteiger partial charge in [-0.2, -0.15) is 4.98 Å². The lowest BCUT2D eigenvalue weighted by molar-refractivity contribution is 0.304. The van der Waals surface area contributed by atoms with Gasteiger partial charge >= 0.3 is 0 Å². The molecule has 1 heterocycles. The van der Waals surface area contributed by atoms with Crippen LogP contribution in [0.2, 0.25) is 0 Å². The largest absolute Gasteiger partial charge is 0.478 e. The monoisotopic (exact) mass is 257 g/mol. The average Bonchev–Trinajstić information content (AvgIpc) is 2.35. The molecule has 0 bridgehead atoms. The molecule has 0 aliphatic heterocycles. The number of halogens is 1. The minimum Gasteiger partial charge on any atom is -0.478 e. The fraction of sp³-hybridized carbons (Fsp3) is 0.667. The molecule has 0 aromatic carbocycles.